The predicted molar refractivity (Wildman–Crippen MR) is 65.6 cm³/mol. The fourth-order valence-corrected chi connectivity index (χ4v) is 1.95. The van der Waals surface area contributed by atoms with Crippen molar-refractivity contribution in [2.24, 2.45) is 0 Å². The molecule has 4 nitrogen and oxygen atoms in total. The van der Waals surface area contributed by atoms with Crippen molar-refractivity contribution in [1.29, 1.82) is 0 Å². The van der Waals surface area contributed by atoms with Crippen molar-refractivity contribution in [2.45, 2.75) is 18.9 Å². The molecule has 5 heteroatoms. The van der Waals surface area contributed by atoms with Gasteiger partial charge in [-0.1, -0.05) is 11.6 Å². The Hall–Kier alpha value is -1.26. The van der Waals surface area contributed by atoms with Gasteiger partial charge >= 0.3 is 0 Å². The van der Waals surface area contributed by atoms with Gasteiger partial charge in [0, 0.05) is 11.6 Å². The highest BCUT2D eigenvalue weighted by Crippen LogP contribution is 2.28. The molecule has 0 unspecified atom stereocenters. The molecule has 1 aliphatic rings. The van der Waals surface area contributed by atoms with E-state index in [1.807, 2.05) is 0 Å². The average Bonchev–Trinajstić information content (AvgIpc) is 2.83. The van der Waals surface area contributed by atoms with E-state index in [1.165, 1.54) is 0 Å². The molecule has 1 N–H and O–H groups in total. The summed E-state index contributed by atoms with van der Waals surface area (Å²) in [4.78, 5) is 11.9. The molecule has 0 aliphatic carbocycles. The van der Waals surface area contributed by atoms with Crippen LogP contribution >= 0.6 is 11.6 Å². The summed E-state index contributed by atoms with van der Waals surface area (Å²) in [5.74, 6) is 0.434. The molecule has 1 amide bonds. The summed E-state index contributed by atoms with van der Waals surface area (Å²) in [6.07, 6.45) is 1.32. The van der Waals surface area contributed by atoms with Crippen molar-refractivity contribution in [3.05, 3.63) is 23.2 Å². The van der Waals surface area contributed by atoms with Crippen LogP contribution in [0.25, 0.3) is 0 Å². The largest absolute Gasteiger partial charge is 0.495 e. The number of benzene rings is 1. The smallest absolute Gasteiger partial charge is 0.253 e. The van der Waals surface area contributed by atoms with Crippen LogP contribution in [0, 0.1) is 0 Å². The van der Waals surface area contributed by atoms with Crippen LogP contribution in [0.4, 0.5) is 5.69 Å². The fraction of sp³-hybridized carbons (Fsp3) is 0.417. The Morgan fingerprint density at radius 3 is 3.06 bits per heavy atom. The number of nitrogens with one attached hydrogen (secondary N) is 1. The molecule has 1 fully saturated rings. The van der Waals surface area contributed by atoms with Crippen LogP contribution in [0.15, 0.2) is 18.2 Å². The Balaban J connectivity index is 2.11. The topological polar surface area (TPSA) is 47.6 Å². The zero-order valence-corrected chi connectivity index (χ0v) is 10.3. The third-order valence-corrected chi connectivity index (χ3v) is 2.88. The summed E-state index contributed by atoms with van der Waals surface area (Å²) < 4.78 is 10.5. The third kappa shape index (κ3) is 2.90. The van der Waals surface area contributed by atoms with Crippen molar-refractivity contribution >= 4 is 23.2 Å². The van der Waals surface area contributed by atoms with E-state index < -0.39 is 0 Å². The first kappa shape index (κ1) is 12.2. The van der Waals surface area contributed by atoms with E-state index in [1.54, 1.807) is 25.3 Å². The van der Waals surface area contributed by atoms with Crippen molar-refractivity contribution in [2.75, 3.05) is 19.0 Å². The van der Waals surface area contributed by atoms with Gasteiger partial charge in [-0.2, -0.15) is 0 Å². The minimum atomic E-state index is -0.362. The molecule has 1 aliphatic heterocycles. The maximum Gasteiger partial charge on any atom is 0.253 e. The van der Waals surface area contributed by atoms with Gasteiger partial charge in [-0.25, -0.2) is 0 Å². The van der Waals surface area contributed by atoms with Crippen LogP contribution in [0.3, 0.4) is 0 Å². The normalized spacial score (nSPS) is 19.1. The number of anilines is 1. The fourth-order valence-electron chi connectivity index (χ4n) is 1.78. The number of methoxy groups -OCH3 is 1. The number of ether oxygens (including phenoxy) is 2. The highest BCUT2D eigenvalue weighted by Gasteiger charge is 2.24. The van der Waals surface area contributed by atoms with Gasteiger partial charge in [0.2, 0.25) is 0 Å². The van der Waals surface area contributed by atoms with Gasteiger partial charge in [-0.05, 0) is 31.0 Å². The lowest BCUT2D eigenvalue weighted by Crippen LogP contribution is -2.27. The number of halogens is 1. The summed E-state index contributed by atoms with van der Waals surface area (Å²) in [7, 11) is 1.55. The molecule has 1 aromatic carbocycles. The molecule has 92 valence electrons. The summed E-state index contributed by atoms with van der Waals surface area (Å²) in [6.45, 7) is 0.644. The number of amides is 1. The van der Waals surface area contributed by atoms with Gasteiger partial charge in [-0.3, -0.25) is 4.79 Å². The van der Waals surface area contributed by atoms with Crippen molar-refractivity contribution < 1.29 is 14.3 Å². The quantitative estimate of drug-likeness (QED) is 0.903. The minimum absolute atomic E-state index is 0.150. The summed E-state index contributed by atoms with van der Waals surface area (Å²) in [6, 6.07) is 5.09. The first-order valence-electron chi connectivity index (χ1n) is 5.46. The van der Waals surface area contributed by atoms with E-state index in [0.29, 0.717) is 23.1 Å². The molecular formula is C12H14ClNO3. The number of hydrogen-bond acceptors (Lipinski definition) is 3. The van der Waals surface area contributed by atoms with E-state index in [-0.39, 0.29) is 12.0 Å². The Bertz CT molecular complexity index is 416. The number of hydrogen-bond donors (Lipinski definition) is 1. The monoisotopic (exact) mass is 255 g/mol. The maximum atomic E-state index is 11.9. The Morgan fingerprint density at radius 1 is 1.59 bits per heavy atom. The first-order valence-corrected chi connectivity index (χ1v) is 5.84. The number of carbonyl (C=O) groups excluding carboxylic acids is 1. The van der Waals surface area contributed by atoms with Gasteiger partial charge in [0.05, 0.1) is 12.8 Å². The molecule has 0 spiro atoms. The Kier molecular flexibility index (Phi) is 3.86. The maximum absolute atomic E-state index is 11.9. The minimum Gasteiger partial charge on any atom is -0.495 e. The van der Waals surface area contributed by atoms with Gasteiger partial charge in [-0.15, -0.1) is 0 Å². The number of rotatable bonds is 3. The number of carbonyl (C=O) groups is 1. The van der Waals surface area contributed by atoms with E-state index in [2.05, 4.69) is 5.32 Å². The van der Waals surface area contributed by atoms with Crippen molar-refractivity contribution in [3.8, 4) is 5.75 Å². The second-order valence-corrected chi connectivity index (χ2v) is 4.27. The highest BCUT2D eigenvalue weighted by molar-refractivity contribution is 6.31. The SMILES string of the molecule is COc1ccc(Cl)cc1NC(=O)[C@H]1CCCO1. The van der Waals surface area contributed by atoms with Crippen LogP contribution in [0.1, 0.15) is 12.8 Å². The van der Waals surface area contributed by atoms with Crippen LogP contribution in [0.5, 0.6) is 5.75 Å². The summed E-state index contributed by atoms with van der Waals surface area (Å²) in [5, 5.41) is 3.32. The van der Waals surface area contributed by atoms with Crippen LogP contribution < -0.4 is 10.1 Å². The van der Waals surface area contributed by atoms with Crippen LogP contribution in [0.2, 0.25) is 5.02 Å². The molecule has 0 bridgehead atoms. The Labute approximate surface area is 105 Å². The van der Waals surface area contributed by atoms with Gasteiger partial charge in [0.15, 0.2) is 0 Å². The molecule has 1 atom stereocenters. The lowest BCUT2D eigenvalue weighted by atomic mass is 10.2. The highest BCUT2D eigenvalue weighted by atomic mass is 35.5. The first-order chi connectivity index (χ1) is 8.20. The van der Waals surface area contributed by atoms with Gasteiger partial charge < -0.3 is 14.8 Å². The third-order valence-electron chi connectivity index (χ3n) is 2.64. The van der Waals surface area contributed by atoms with Crippen LogP contribution in [-0.4, -0.2) is 25.7 Å². The zero-order valence-electron chi connectivity index (χ0n) is 9.53. The van der Waals surface area contributed by atoms with E-state index in [0.717, 1.165) is 12.8 Å². The molecule has 1 aromatic rings. The second kappa shape index (κ2) is 5.38. The molecule has 0 radical (unpaired) electrons. The molecule has 0 aromatic heterocycles. The lowest BCUT2D eigenvalue weighted by Gasteiger charge is -2.13. The van der Waals surface area contributed by atoms with Crippen LogP contribution in [-0.2, 0) is 9.53 Å². The summed E-state index contributed by atoms with van der Waals surface area (Å²) >= 11 is 5.88. The van der Waals surface area contributed by atoms with Gasteiger partial charge in [0.25, 0.3) is 5.91 Å². The van der Waals surface area contributed by atoms with Crippen molar-refractivity contribution in [3.63, 3.8) is 0 Å². The average molecular weight is 256 g/mol. The molecule has 2 rings (SSSR count). The van der Waals surface area contributed by atoms with E-state index in [4.69, 9.17) is 21.1 Å². The zero-order chi connectivity index (χ0) is 12.3. The molecular weight excluding hydrogens is 242 g/mol. The summed E-state index contributed by atoms with van der Waals surface area (Å²) in [5.41, 5.74) is 0.570. The second-order valence-electron chi connectivity index (χ2n) is 3.84. The molecule has 1 heterocycles. The van der Waals surface area contributed by atoms with E-state index >= 15 is 0 Å². The van der Waals surface area contributed by atoms with Crippen molar-refractivity contribution in [1.82, 2.24) is 0 Å². The molecule has 17 heavy (non-hydrogen) atoms. The Morgan fingerprint density at radius 2 is 2.41 bits per heavy atom. The standard InChI is InChI=1S/C12H14ClNO3/c1-16-10-5-4-8(13)7-9(10)14-12(15)11-3-2-6-17-11/h4-5,7,11H,2-3,6H2,1H3,(H,14,15)/t11-/m1/s1. The molecule has 1 saturated heterocycles. The molecule has 0 saturated carbocycles. The predicted octanol–water partition coefficient (Wildman–Crippen LogP) is 2.47. The van der Waals surface area contributed by atoms with E-state index in [9.17, 15) is 4.79 Å². The van der Waals surface area contributed by atoms with Gasteiger partial charge in [0.1, 0.15) is 11.9 Å². The lowest BCUT2D eigenvalue weighted by molar-refractivity contribution is -0.124.